The van der Waals surface area contributed by atoms with E-state index >= 15 is 0 Å². The highest BCUT2D eigenvalue weighted by Gasteiger charge is 2.36. The van der Waals surface area contributed by atoms with E-state index < -0.39 is 18.3 Å². The van der Waals surface area contributed by atoms with Crippen LogP contribution in [0, 0.1) is 0 Å². The molecule has 1 saturated heterocycles. The van der Waals surface area contributed by atoms with Crippen molar-refractivity contribution in [2.45, 2.75) is 31.3 Å². The second-order valence-corrected chi connectivity index (χ2v) is 2.80. The molecule has 1 aliphatic heterocycles. The average molecular weight is 162 g/mol. The summed E-state index contributed by atoms with van der Waals surface area (Å²) >= 11 is 0. The molecule has 66 valence electrons. The van der Waals surface area contributed by atoms with Crippen LogP contribution in [0.15, 0.2) is 0 Å². The van der Waals surface area contributed by atoms with Gasteiger partial charge in [0, 0.05) is 7.11 Å². The van der Waals surface area contributed by atoms with Gasteiger partial charge in [-0.2, -0.15) is 0 Å². The Hall–Kier alpha value is -0.160. The molecular formula is C7H14O4. The van der Waals surface area contributed by atoms with Crippen LogP contribution >= 0.6 is 0 Å². The Morgan fingerprint density at radius 2 is 2.09 bits per heavy atom. The first-order chi connectivity index (χ1) is 5.16. The third kappa shape index (κ3) is 1.70. The summed E-state index contributed by atoms with van der Waals surface area (Å²) in [7, 11) is 1.49. The lowest BCUT2D eigenvalue weighted by Gasteiger charge is -2.35. The molecule has 1 rings (SSSR count). The van der Waals surface area contributed by atoms with E-state index in [0.717, 1.165) is 0 Å². The Morgan fingerprint density at radius 3 is 2.55 bits per heavy atom. The highest BCUT2D eigenvalue weighted by molar-refractivity contribution is 4.85. The molecule has 4 heteroatoms. The maximum absolute atomic E-state index is 9.35. The molecule has 0 spiro atoms. The fraction of sp³-hybridized carbons (Fsp3) is 1.00. The fourth-order valence-corrected chi connectivity index (χ4v) is 1.27. The number of aliphatic hydroxyl groups is 2. The van der Waals surface area contributed by atoms with E-state index in [0.29, 0.717) is 0 Å². The van der Waals surface area contributed by atoms with Crippen LogP contribution in [0.5, 0.6) is 0 Å². The summed E-state index contributed by atoms with van der Waals surface area (Å²) < 4.78 is 10.1. The van der Waals surface area contributed by atoms with Gasteiger partial charge in [0.2, 0.25) is 0 Å². The molecule has 0 aromatic rings. The molecule has 4 nitrogen and oxygen atoms in total. The predicted octanol–water partition coefficient (Wildman–Crippen LogP) is -0.858. The minimum atomic E-state index is -0.830. The molecule has 0 aromatic heterocycles. The van der Waals surface area contributed by atoms with E-state index in [2.05, 4.69) is 0 Å². The lowest BCUT2D eigenvalue weighted by molar-refractivity contribution is -0.190. The average Bonchev–Trinajstić information content (AvgIpc) is 1.99. The third-order valence-corrected chi connectivity index (χ3v) is 2.00. The van der Waals surface area contributed by atoms with Gasteiger partial charge < -0.3 is 19.7 Å². The van der Waals surface area contributed by atoms with Gasteiger partial charge in [0.25, 0.3) is 0 Å². The van der Waals surface area contributed by atoms with Gasteiger partial charge in [-0.3, -0.25) is 0 Å². The minimum Gasteiger partial charge on any atom is -0.388 e. The molecule has 0 radical (unpaired) electrons. The monoisotopic (exact) mass is 162 g/mol. The molecule has 4 unspecified atom stereocenters. The molecule has 1 aliphatic rings. The van der Waals surface area contributed by atoms with E-state index in [4.69, 9.17) is 14.6 Å². The molecule has 1 fully saturated rings. The van der Waals surface area contributed by atoms with Gasteiger partial charge in [-0.15, -0.1) is 0 Å². The zero-order valence-corrected chi connectivity index (χ0v) is 6.73. The quantitative estimate of drug-likeness (QED) is 0.527. The summed E-state index contributed by atoms with van der Waals surface area (Å²) in [6.07, 6.45) is -2.22. The molecule has 1 heterocycles. The largest absolute Gasteiger partial charge is 0.388 e. The van der Waals surface area contributed by atoms with E-state index in [9.17, 15) is 5.11 Å². The first-order valence-electron chi connectivity index (χ1n) is 3.67. The van der Waals surface area contributed by atoms with Gasteiger partial charge >= 0.3 is 0 Å². The van der Waals surface area contributed by atoms with Crippen LogP contribution in [-0.4, -0.2) is 48.3 Å². The van der Waals surface area contributed by atoms with Crippen LogP contribution in [0.25, 0.3) is 0 Å². The Kier molecular flexibility index (Phi) is 2.84. The molecule has 0 aromatic carbocycles. The number of aliphatic hydroxyl groups excluding tert-OH is 2. The predicted molar refractivity (Wildman–Crippen MR) is 38.2 cm³/mol. The normalized spacial score (nSPS) is 45.8. The van der Waals surface area contributed by atoms with Crippen molar-refractivity contribution in [1.82, 2.24) is 0 Å². The van der Waals surface area contributed by atoms with Crippen molar-refractivity contribution in [1.29, 1.82) is 0 Å². The van der Waals surface area contributed by atoms with Crippen LogP contribution < -0.4 is 0 Å². The summed E-state index contributed by atoms with van der Waals surface area (Å²) in [4.78, 5) is 0. The Balaban J connectivity index is 2.55. The lowest BCUT2D eigenvalue weighted by atomic mass is 10.0. The molecule has 2 N–H and O–H groups in total. The SMILES string of the molecule is COC1C(C)OCC(O)C1O. The van der Waals surface area contributed by atoms with Crippen molar-refractivity contribution in [3.05, 3.63) is 0 Å². The van der Waals surface area contributed by atoms with Crippen LogP contribution in [0.2, 0.25) is 0 Å². The first-order valence-corrected chi connectivity index (χ1v) is 3.67. The molecule has 0 saturated carbocycles. The van der Waals surface area contributed by atoms with E-state index in [1.165, 1.54) is 7.11 Å². The zero-order valence-electron chi connectivity index (χ0n) is 6.73. The van der Waals surface area contributed by atoms with Gasteiger partial charge in [-0.25, -0.2) is 0 Å². The molecule has 11 heavy (non-hydrogen) atoms. The summed E-state index contributed by atoms with van der Waals surface area (Å²) in [5.41, 5.74) is 0. The highest BCUT2D eigenvalue weighted by Crippen LogP contribution is 2.17. The summed E-state index contributed by atoms with van der Waals surface area (Å²) in [5, 5.41) is 18.5. The Morgan fingerprint density at radius 1 is 1.45 bits per heavy atom. The summed E-state index contributed by atoms with van der Waals surface area (Å²) in [5.74, 6) is 0. The van der Waals surface area contributed by atoms with Crippen molar-refractivity contribution < 1.29 is 19.7 Å². The maximum Gasteiger partial charge on any atom is 0.111 e. The standard InChI is InChI=1S/C7H14O4/c1-4-7(10-2)6(9)5(8)3-11-4/h4-9H,3H2,1-2H3. The number of rotatable bonds is 1. The molecule has 4 atom stereocenters. The van der Waals surface area contributed by atoms with E-state index in [1.54, 1.807) is 0 Å². The van der Waals surface area contributed by atoms with Crippen LogP contribution in [0.4, 0.5) is 0 Å². The van der Waals surface area contributed by atoms with Gasteiger partial charge in [0.1, 0.15) is 18.3 Å². The third-order valence-electron chi connectivity index (χ3n) is 2.00. The van der Waals surface area contributed by atoms with E-state index in [1.807, 2.05) is 6.92 Å². The zero-order chi connectivity index (χ0) is 8.43. The lowest BCUT2D eigenvalue weighted by Crippen LogP contribution is -2.52. The fourth-order valence-electron chi connectivity index (χ4n) is 1.27. The second-order valence-electron chi connectivity index (χ2n) is 2.80. The first kappa shape index (κ1) is 8.93. The second kappa shape index (κ2) is 3.49. The molecule has 0 bridgehead atoms. The van der Waals surface area contributed by atoms with Crippen LogP contribution in [0.3, 0.4) is 0 Å². The number of ether oxygens (including phenoxy) is 2. The minimum absolute atomic E-state index is 0.154. The highest BCUT2D eigenvalue weighted by atomic mass is 16.6. The van der Waals surface area contributed by atoms with Crippen molar-refractivity contribution in [2.24, 2.45) is 0 Å². The van der Waals surface area contributed by atoms with Crippen LogP contribution in [0.1, 0.15) is 6.92 Å². The van der Waals surface area contributed by atoms with E-state index in [-0.39, 0.29) is 12.7 Å². The van der Waals surface area contributed by atoms with Crippen molar-refractivity contribution in [3.63, 3.8) is 0 Å². The van der Waals surface area contributed by atoms with Gasteiger partial charge in [-0.05, 0) is 6.92 Å². The Bertz CT molecular complexity index is 128. The summed E-state index contributed by atoms with van der Waals surface area (Å²) in [6, 6.07) is 0. The van der Waals surface area contributed by atoms with Crippen molar-refractivity contribution >= 4 is 0 Å². The molecular weight excluding hydrogens is 148 g/mol. The number of methoxy groups -OCH3 is 1. The van der Waals surface area contributed by atoms with Gasteiger partial charge in [0.15, 0.2) is 0 Å². The summed E-state index contributed by atoms with van der Waals surface area (Å²) in [6.45, 7) is 1.99. The molecule has 0 amide bonds. The van der Waals surface area contributed by atoms with Gasteiger partial charge in [0.05, 0.1) is 12.7 Å². The van der Waals surface area contributed by atoms with Gasteiger partial charge in [-0.1, -0.05) is 0 Å². The van der Waals surface area contributed by atoms with Crippen molar-refractivity contribution in [2.75, 3.05) is 13.7 Å². The smallest absolute Gasteiger partial charge is 0.111 e. The topological polar surface area (TPSA) is 58.9 Å². The van der Waals surface area contributed by atoms with Crippen molar-refractivity contribution in [3.8, 4) is 0 Å². The Labute approximate surface area is 65.7 Å². The van der Waals surface area contributed by atoms with Crippen LogP contribution in [-0.2, 0) is 9.47 Å². The molecule has 0 aliphatic carbocycles. The maximum atomic E-state index is 9.35. The number of hydrogen-bond donors (Lipinski definition) is 2. The number of hydrogen-bond acceptors (Lipinski definition) is 4.